The van der Waals surface area contributed by atoms with E-state index in [9.17, 15) is 19.5 Å². The molecule has 1 aliphatic carbocycles. The molecule has 35 heavy (non-hydrogen) atoms. The highest BCUT2D eigenvalue weighted by Gasteiger charge is 2.38. The van der Waals surface area contributed by atoms with E-state index in [0.717, 1.165) is 27.8 Å². The zero-order valence-corrected chi connectivity index (χ0v) is 19.1. The highest BCUT2D eigenvalue weighted by atomic mass is 16.5. The molecule has 1 fully saturated rings. The minimum Gasteiger partial charge on any atom is -0.480 e. The van der Waals surface area contributed by atoms with E-state index in [4.69, 9.17) is 4.74 Å². The molecule has 0 saturated carbocycles. The molecule has 2 unspecified atom stereocenters. The summed E-state index contributed by atoms with van der Waals surface area (Å²) in [5.41, 5.74) is 5.28. The normalized spacial score (nSPS) is 17.0. The van der Waals surface area contributed by atoms with E-state index in [0.29, 0.717) is 13.0 Å². The predicted molar refractivity (Wildman–Crippen MR) is 130 cm³/mol. The number of carbonyl (C=O) groups excluding carboxylic acids is 2. The summed E-state index contributed by atoms with van der Waals surface area (Å²) >= 11 is 0. The molecule has 2 N–H and O–H groups in total. The van der Waals surface area contributed by atoms with Crippen molar-refractivity contribution >= 4 is 18.0 Å². The van der Waals surface area contributed by atoms with Gasteiger partial charge in [-0.25, -0.2) is 9.59 Å². The van der Waals surface area contributed by atoms with Crippen LogP contribution in [-0.4, -0.2) is 47.2 Å². The average molecular weight is 471 g/mol. The van der Waals surface area contributed by atoms with Gasteiger partial charge in [0.1, 0.15) is 12.6 Å². The first-order valence-electron chi connectivity index (χ1n) is 11.7. The molecule has 0 bridgehead atoms. The number of ether oxygens (including phenoxy) is 1. The van der Waals surface area contributed by atoms with Crippen molar-refractivity contribution in [2.45, 2.75) is 30.8 Å². The van der Waals surface area contributed by atoms with E-state index < -0.39 is 24.1 Å². The number of carbonyl (C=O) groups is 3. The Hall–Kier alpha value is -4.13. The number of nitrogens with one attached hydrogen (secondary N) is 1. The highest BCUT2D eigenvalue weighted by Crippen LogP contribution is 2.44. The van der Waals surface area contributed by atoms with Crippen LogP contribution in [0.1, 0.15) is 41.5 Å². The van der Waals surface area contributed by atoms with Crippen molar-refractivity contribution in [2.75, 3.05) is 13.2 Å². The molecule has 178 valence electrons. The lowest BCUT2D eigenvalue weighted by molar-refractivity contribution is -0.157. The Morgan fingerprint density at radius 3 is 2.09 bits per heavy atom. The van der Waals surface area contributed by atoms with Gasteiger partial charge in [0.25, 0.3) is 0 Å². The van der Waals surface area contributed by atoms with Crippen LogP contribution in [0.4, 0.5) is 4.79 Å². The van der Waals surface area contributed by atoms with Gasteiger partial charge < -0.3 is 20.1 Å². The molecule has 3 aromatic rings. The molecule has 1 aliphatic heterocycles. The van der Waals surface area contributed by atoms with Crippen LogP contribution in [0.15, 0.2) is 78.9 Å². The molecule has 1 heterocycles. The number of aliphatic carboxylic acids is 1. The van der Waals surface area contributed by atoms with Gasteiger partial charge in [-0.2, -0.15) is 0 Å². The van der Waals surface area contributed by atoms with Crippen molar-refractivity contribution < 1.29 is 24.2 Å². The van der Waals surface area contributed by atoms with Crippen LogP contribution in [0.25, 0.3) is 11.1 Å². The quantitative estimate of drug-likeness (QED) is 0.536. The van der Waals surface area contributed by atoms with Crippen LogP contribution in [-0.2, 0) is 14.3 Å². The summed E-state index contributed by atoms with van der Waals surface area (Å²) in [5.74, 6) is -1.39. The molecule has 2 aliphatic rings. The number of hydrogen-bond acceptors (Lipinski definition) is 4. The summed E-state index contributed by atoms with van der Waals surface area (Å²) in [5, 5.41) is 12.1. The number of nitrogens with zero attached hydrogens (tertiary/aromatic N) is 1. The van der Waals surface area contributed by atoms with E-state index in [1.807, 2.05) is 54.6 Å². The smallest absolute Gasteiger partial charge is 0.407 e. The summed E-state index contributed by atoms with van der Waals surface area (Å²) in [6, 6.07) is 24.0. The third kappa shape index (κ3) is 4.49. The Morgan fingerprint density at radius 2 is 1.51 bits per heavy atom. The lowest BCUT2D eigenvalue weighted by Crippen LogP contribution is -2.55. The summed E-state index contributed by atoms with van der Waals surface area (Å²) in [7, 11) is 0. The van der Waals surface area contributed by atoms with Crippen molar-refractivity contribution in [3.05, 3.63) is 95.6 Å². The summed E-state index contributed by atoms with van der Waals surface area (Å²) in [6.07, 6.45) is -0.221. The van der Waals surface area contributed by atoms with Crippen molar-refractivity contribution in [1.29, 1.82) is 0 Å². The van der Waals surface area contributed by atoms with Crippen LogP contribution < -0.4 is 5.32 Å². The summed E-state index contributed by atoms with van der Waals surface area (Å²) in [4.78, 5) is 38.4. The average Bonchev–Trinajstić information content (AvgIpc) is 3.15. The van der Waals surface area contributed by atoms with Crippen molar-refractivity contribution in [3.8, 4) is 11.1 Å². The largest absolute Gasteiger partial charge is 0.480 e. The van der Waals surface area contributed by atoms with Gasteiger partial charge in [-0.1, -0.05) is 78.9 Å². The van der Waals surface area contributed by atoms with Gasteiger partial charge >= 0.3 is 12.1 Å². The number of benzene rings is 3. The van der Waals surface area contributed by atoms with E-state index >= 15 is 0 Å². The van der Waals surface area contributed by atoms with Crippen LogP contribution in [0.2, 0.25) is 0 Å². The van der Waals surface area contributed by atoms with Crippen molar-refractivity contribution in [3.63, 3.8) is 0 Å². The fourth-order valence-electron chi connectivity index (χ4n) is 4.95. The predicted octanol–water partition coefficient (Wildman–Crippen LogP) is 4.34. The van der Waals surface area contributed by atoms with Gasteiger partial charge in [0.05, 0.1) is 12.5 Å². The number of rotatable bonds is 7. The molecule has 2 amide bonds. The molecule has 0 radical (unpaired) electrons. The second kappa shape index (κ2) is 9.62. The zero-order chi connectivity index (χ0) is 24.4. The van der Waals surface area contributed by atoms with Crippen LogP contribution in [0.5, 0.6) is 0 Å². The molecule has 1 saturated heterocycles. The number of likely N-dealkylation sites (tertiary alicyclic amines) is 1. The van der Waals surface area contributed by atoms with Gasteiger partial charge in [0.2, 0.25) is 5.91 Å². The topological polar surface area (TPSA) is 95.9 Å². The lowest BCUT2D eigenvalue weighted by atomic mass is 9.98. The highest BCUT2D eigenvalue weighted by molar-refractivity contribution is 5.86. The minimum atomic E-state index is -1.01. The van der Waals surface area contributed by atoms with Crippen molar-refractivity contribution in [1.82, 2.24) is 10.2 Å². The van der Waals surface area contributed by atoms with E-state index in [2.05, 4.69) is 29.6 Å². The number of fused-ring (bicyclic) bond motifs is 3. The Bertz CT molecular complexity index is 1210. The third-order valence-corrected chi connectivity index (χ3v) is 6.84. The van der Waals surface area contributed by atoms with Gasteiger partial charge in [-0.3, -0.25) is 4.79 Å². The molecule has 3 aromatic carbocycles. The number of hydrogen-bond donors (Lipinski definition) is 2. The van der Waals surface area contributed by atoms with E-state index in [-0.39, 0.29) is 24.9 Å². The first-order valence-corrected chi connectivity index (χ1v) is 11.7. The number of amides is 2. The first-order chi connectivity index (χ1) is 17.0. The monoisotopic (exact) mass is 470 g/mol. The molecular formula is C28H26N2O5. The SMILES string of the molecule is O=C(NC(CC(=O)N1CCC1C(=O)O)c1ccccc1)OCC1c2ccccc2-c2ccccc21. The molecule has 5 rings (SSSR count). The van der Waals surface area contributed by atoms with E-state index in [1.165, 1.54) is 4.90 Å². The molecule has 7 heteroatoms. The van der Waals surface area contributed by atoms with Gasteiger partial charge in [-0.05, 0) is 34.2 Å². The number of alkyl carbamates (subject to hydrolysis) is 1. The zero-order valence-electron chi connectivity index (χ0n) is 19.1. The lowest BCUT2D eigenvalue weighted by Gasteiger charge is -2.38. The number of carboxylic acids is 1. The van der Waals surface area contributed by atoms with Gasteiger partial charge in [-0.15, -0.1) is 0 Å². The molecule has 2 atom stereocenters. The third-order valence-electron chi connectivity index (χ3n) is 6.84. The number of carboxylic acid groups (broad SMARTS) is 1. The maximum Gasteiger partial charge on any atom is 0.407 e. The molecule has 0 spiro atoms. The van der Waals surface area contributed by atoms with Crippen molar-refractivity contribution in [2.24, 2.45) is 0 Å². The molecule has 0 aromatic heterocycles. The van der Waals surface area contributed by atoms with E-state index in [1.54, 1.807) is 0 Å². The maximum atomic E-state index is 12.9. The first kappa shape index (κ1) is 22.7. The van der Waals surface area contributed by atoms with Crippen LogP contribution in [0, 0.1) is 0 Å². The molecular weight excluding hydrogens is 444 g/mol. The van der Waals surface area contributed by atoms with Gasteiger partial charge in [0.15, 0.2) is 0 Å². The fraction of sp³-hybridized carbons (Fsp3) is 0.250. The molecule has 7 nitrogen and oxygen atoms in total. The Morgan fingerprint density at radius 1 is 0.914 bits per heavy atom. The maximum absolute atomic E-state index is 12.9. The summed E-state index contributed by atoms with van der Waals surface area (Å²) < 4.78 is 5.66. The minimum absolute atomic E-state index is 0.0437. The van der Waals surface area contributed by atoms with Crippen LogP contribution in [0.3, 0.4) is 0 Å². The Kier molecular flexibility index (Phi) is 6.23. The fourth-order valence-corrected chi connectivity index (χ4v) is 4.95. The second-order valence-electron chi connectivity index (χ2n) is 8.87. The Balaban J connectivity index is 1.28. The standard InChI is InChI=1S/C28H26N2O5/c31-26(30-15-14-25(30)27(32)33)16-24(18-8-2-1-3-9-18)29-28(34)35-17-23-21-12-6-4-10-19(21)20-11-5-7-13-22(20)23/h1-13,23-25H,14-17H2,(H,29,34)(H,32,33). The second-order valence-corrected chi connectivity index (χ2v) is 8.87. The van der Waals surface area contributed by atoms with Gasteiger partial charge in [0, 0.05) is 12.5 Å². The summed E-state index contributed by atoms with van der Waals surface area (Å²) in [6.45, 7) is 0.574. The van der Waals surface area contributed by atoms with Crippen LogP contribution >= 0.6 is 0 Å². The Labute approximate surface area is 203 Å².